The Hall–Kier alpha value is -3.49. The van der Waals surface area contributed by atoms with Crippen molar-refractivity contribution in [2.75, 3.05) is 12.0 Å². The van der Waals surface area contributed by atoms with Gasteiger partial charge in [0.15, 0.2) is 5.11 Å². The minimum absolute atomic E-state index is 0.127. The van der Waals surface area contributed by atoms with Crippen molar-refractivity contribution < 1.29 is 9.53 Å². The largest absolute Gasteiger partial charge is 0.465 e. The lowest BCUT2D eigenvalue weighted by atomic mass is 9.96. The number of ether oxygens (including phenoxy) is 1. The summed E-state index contributed by atoms with van der Waals surface area (Å²) in [6.45, 7) is 4.17. The molecule has 0 saturated carbocycles. The molecular weight excluding hydrogens is 536 g/mol. The molecule has 1 fully saturated rings. The molecule has 1 saturated heterocycles. The number of thiocarbonyl (C=S) groups is 1. The quantitative estimate of drug-likeness (QED) is 0.231. The smallest absolute Gasteiger partial charge is 0.337 e. The van der Waals surface area contributed by atoms with E-state index in [1.54, 1.807) is 12.3 Å². The van der Waals surface area contributed by atoms with Gasteiger partial charge in [0, 0.05) is 33.4 Å². The number of aryl methyl sites for hydroxylation is 1. The molecule has 2 aromatic carbocycles. The van der Waals surface area contributed by atoms with Gasteiger partial charge in [-0.15, -0.1) is 0 Å². The molecule has 0 aliphatic carbocycles. The summed E-state index contributed by atoms with van der Waals surface area (Å²) in [5, 5.41) is 4.17. The number of aromatic nitrogens is 2. The Balaban J connectivity index is 1.66. The van der Waals surface area contributed by atoms with Gasteiger partial charge in [-0.25, -0.2) is 4.79 Å². The third kappa shape index (κ3) is 4.31. The molecule has 6 nitrogen and oxygen atoms in total. The van der Waals surface area contributed by atoms with Crippen LogP contribution in [0, 0.1) is 13.8 Å². The zero-order valence-electron chi connectivity index (χ0n) is 20.1. The molecule has 2 atom stereocenters. The third-order valence-corrected chi connectivity index (χ3v) is 7.36. The second-order valence-corrected chi connectivity index (χ2v) is 9.98. The molecule has 5 rings (SSSR count). The molecule has 2 aromatic heterocycles. The van der Waals surface area contributed by atoms with Crippen molar-refractivity contribution in [2.45, 2.75) is 25.9 Å². The van der Waals surface area contributed by atoms with Crippen molar-refractivity contribution in [3.63, 3.8) is 0 Å². The van der Waals surface area contributed by atoms with Gasteiger partial charge in [0.1, 0.15) is 0 Å². The van der Waals surface area contributed by atoms with E-state index in [-0.39, 0.29) is 18.1 Å². The highest BCUT2D eigenvalue weighted by Crippen LogP contribution is 2.43. The number of carbonyl (C=O) groups excluding carboxylic acids is 1. The van der Waals surface area contributed by atoms with Crippen LogP contribution in [-0.2, 0) is 4.74 Å². The van der Waals surface area contributed by atoms with Crippen LogP contribution in [0.25, 0.3) is 5.69 Å². The molecule has 1 aliphatic heterocycles. The second-order valence-electron chi connectivity index (χ2n) is 8.68. The number of benzene rings is 2. The number of halogens is 1. The van der Waals surface area contributed by atoms with Crippen molar-refractivity contribution in [1.82, 2.24) is 14.9 Å². The fraction of sp³-hybridized carbons (Fsp3) is 0.179. The Bertz CT molecular complexity index is 1440. The average Bonchev–Trinajstić information content (AvgIpc) is 3.39. The average molecular weight is 562 g/mol. The van der Waals surface area contributed by atoms with Gasteiger partial charge in [-0.1, -0.05) is 28.1 Å². The number of rotatable bonds is 5. The molecule has 1 N–H and O–H groups in total. The normalized spacial score (nSPS) is 17.2. The summed E-state index contributed by atoms with van der Waals surface area (Å²) in [5.74, 6) is -0.360. The van der Waals surface area contributed by atoms with E-state index in [0.29, 0.717) is 10.7 Å². The van der Waals surface area contributed by atoms with Gasteiger partial charge in [0.2, 0.25) is 0 Å². The minimum Gasteiger partial charge on any atom is -0.465 e. The summed E-state index contributed by atoms with van der Waals surface area (Å²) in [6.07, 6.45) is 1.81. The van der Waals surface area contributed by atoms with E-state index in [2.05, 4.69) is 67.7 Å². The van der Waals surface area contributed by atoms with Gasteiger partial charge >= 0.3 is 5.97 Å². The third-order valence-electron chi connectivity index (χ3n) is 6.52. The van der Waals surface area contributed by atoms with Crippen LogP contribution in [0.3, 0.4) is 0 Å². The molecule has 0 bridgehead atoms. The van der Waals surface area contributed by atoms with Crippen molar-refractivity contribution >= 4 is 44.9 Å². The van der Waals surface area contributed by atoms with E-state index in [1.165, 1.54) is 7.11 Å². The lowest BCUT2D eigenvalue weighted by Crippen LogP contribution is -2.29. The maximum Gasteiger partial charge on any atom is 0.337 e. The number of hydrogen-bond acceptors (Lipinski definition) is 4. The van der Waals surface area contributed by atoms with Gasteiger partial charge in [-0.2, -0.15) is 0 Å². The number of anilines is 1. The zero-order valence-corrected chi connectivity index (χ0v) is 22.5. The Morgan fingerprint density at radius 3 is 2.50 bits per heavy atom. The van der Waals surface area contributed by atoms with E-state index in [9.17, 15) is 4.79 Å². The van der Waals surface area contributed by atoms with Crippen LogP contribution in [0.5, 0.6) is 0 Å². The summed E-state index contributed by atoms with van der Waals surface area (Å²) in [7, 11) is 1.39. The van der Waals surface area contributed by atoms with Crippen molar-refractivity contribution in [1.29, 1.82) is 0 Å². The molecule has 0 unspecified atom stereocenters. The number of nitrogens with one attached hydrogen (secondary N) is 1. The molecule has 0 radical (unpaired) electrons. The molecule has 4 aromatic rings. The van der Waals surface area contributed by atoms with Crippen molar-refractivity contribution in [3.05, 3.63) is 112 Å². The lowest BCUT2D eigenvalue weighted by molar-refractivity contribution is 0.0600. The van der Waals surface area contributed by atoms with Crippen LogP contribution >= 0.6 is 28.1 Å². The second kappa shape index (κ2) is 9.87. The van der Waals surface area contributed by atoms with E-state index in [1.807, 2.05) is 48.5 Å². The van der Waals surface area contributed by atoms with Crippen molar-refractivity contribution in [3.8, 4) is 5.69 Å². The minimum atomic E-state index is -0.360. The number of hydrogen-bond donors (Lipinski definition) is 1. The molecular formula is C28H25BrN4O2S. The van der Waals surface area contributed by atoms with Crippen molar-refractivity contribution in [2.24, 2.45) is 0 Å². The van der Waals surface area contributed by atoms with Crippen LogP contribution in [0.15, 0.2) is 83.5 Å². The molecule has 182 valence electrons. The molecule has 36 heavy (non-hydrogen) atoms. The lowest BCUT2D eigenvalue weighted by Gasteiger charge is -2.28. The predicted molar refractivity (Wildman–Crippen MR) is 149 cm³/mol. The number of carbonyl (C=O) groups is 1. The van der Waals surface area contributed by atoms with Gasteiger partial charge in [-0.3, -0.25) is 4.98 Å². The fourth-order valence-corrected chi connectivity index (χ4v) is 5.54. The highest BCUT2D eigenvalue weighted by molar-refractivity contribution is 9.10. The Kier molecular flexibility index (Phi) is 6.64. The number of pyridine rings is 1. The van der Waals surface area contributed by atoms with Gasteiger partial charge in [0.25, 0.3) is 0 Å². The molecule has 8 heteroatoms. The van der Waals surface area contributed by atoms with Crippen LogP contribution < -0.4 is 10.2 Å². The summed E-state index contributed by atoms with van der Waals surface area (Å²) in [4.78, 5) is 19.0. The van der Waals surface area contributed by atoms with E-state index in [0.717, 1.165) is 38.5 Å². The van der Waals surface area contributed by atoms with Crippen LogP contribution in [-0.4, -0.2) is 27.7 Å². The molecule has 0 amide bonds. The summed E-state index contributed by atoms with van der Waals surface area (Å²) >= 11 is 9.40. The SMILES string of the molecule is COC(=O)c1cccc(-n2c(C)cc([C@H]3[C@@H](c4ccccn4)NC(=S)N3c3ccc(Br)cc3)c2C)c1. The van der Waals surface area contributed by atoms with E-state index in [4.69, 9.17) is 17.0 Å². The highest BCUT2D eigenvalue weighted by Gasteiger charge is 2.42. The Morgan fingerprint density at radius 1 is 1.03 bits per heavy atom. The molecule has 3 heterocycles. The van der Waals surface area contributed by atoms with Gasteiger partial charge in [-0.05, 0) is 92.3 Å². The standard InChI is InChI=1S/C28H25BrN4O2S/c1-17-15-23(18(2)32(17)22-8-6-7-19(16-22)27(34)35-3)26-25(24-9-4-5-14-30-24)31-28(36)33(26)21-12-10-20(29)11-13-21/h4-16,25-26H,1-3H3,(H,31,36)/t25-,26+/m1/s1. The first-order valence-corrected chi connectivity index (χ1v) is 12.7. The summed E-state index contributed by atoms with van der Waals surface area (Å²) in [5.41, 5.74) is 6.57. The number of methoxy groups -OCH3 is 1. The summed E-state index contributed by atoms with van der Waals surface area (Å²) in [6, 6.07) is 23.5. The molecule has 0 spiro atoms. The topological polar surface area (TPSA) is 59.4 Å². The molecule has 1 aliphatic rings. The Morgan fingerprint density at radius 2 is 1.81 bits per heavy atom. The maximum atomic E-state index is 12.2. The van der Waals surface area contributed by atoms with Gasteiger partial charge in [0.05, 0.1) is 30.5 Å². The number of esters is 1. The monoisotopic (exact) mass is 560 g/mol. The zero-order chi connectivity index (χ0) is 25.4. The summed E-state index contributed by atoms with van der Waals surface area (Å²) < 4.78 is 8.10. The fourth-order valence-electron chi connectivity index (χ4n) is 4.92. The van der Waals surface area contributed by atoms with Gasteiger partial charge < -0.3 is 19.5 Å². The first-order chi connectivity index (χ1) is 17.4. The van der Waals surface area contributed by atoms with Crippen LogP contribution in [0.2, 0.25) is 0 Å². The highest BCUT2D eigenvalue weighted by atomic mass is 79.9. The Labute approximate surface area is 224 Å². The van der Waals surface area contributed by atoms with Crippen LogP contribution in [0.4, 0.5) is 5.69 Å². The first kappa shape index (κ1) is 24.2. The maximum absolute atomic E-state index is 12.2. The van der Waals surface area contributed by atoms with E-state index < -0.39 is 0 Å². The number of nitrogens with zero attached hydrogens (tertiary/aromatic N) is 3. The predicted octanol–water partition coefficient (Wildman–Crippen LogP) is 6.22. The van der Waals surface area contributed by atoms with E-state index >= 15 is 0 Å². The first-order valence-electron chi connectivity index (χ1n) is 11.5. The van der Waals surface area contributed by atoms with Crippen LogP contribution in [0.1, 0.15) is 45.1 Å².